The maximum absolute atomic E-state index is 12.1. The first kappa shape index (κ1) is 13.3. The van der Waals surface area contributed by atoms with E-state index in [1.54, 1.807) is 14.2 Å². The lowest BCUT2D eigenvalue weighted by Gasteiger charge is -2.32. The van der Waals surface area contributed by atoms with E-state index in [1.807, 2.05) is 12.1 Å². The Morgan fingerprint density at radius 3 is 2.70 bits per heavy atom. The molecule has 1 aromatic rings. The van der Waals surface area contributed by atoms with Crippen LogP contribution < -0.4 is 9.47 Å². The van der Waals surface area contributed by atoms with Crippen molar-refractivity contribution in [2.24, 2.45) is 0 Å². The summed E-state index contributed by atoms with van der Waals surface area (Å²) in [6.07, 6.45) is 4.10. The Bertz CT molecular complexity index is 514. The zero-order valence-corrected chi connectivity index (χ0v) is 12.1. The van der Waals surface area contributed by atoms with E-state index in [4.69, 9.17) is 9.47 Å². The van der Waals surface area contributed by atoms with Gasteiger partial charge in [0.1, 0.15) is 0 Å². The summed E-state index contributed by atoms with van der Waals surface area (Å²) in [5.41, 5.74) is 1.19. The van der Waals surface area contributed by atoms with Gasteiger partial charge in [0.05, 0.1) is 14.2 Å². The molecule has 108 valence electrons. The first-order valence-electron chi connectivity index (χ1n) is 7.26. The molecule has 0 unspecified atom stereocenters. The molecule has 2 aliphatic rings. The minimum Gasteiger partial charge on any atom is -0.493 e. The van der Waals surface area contributed by atoms with Gasteiger partial charge in [-0.15, -0.1) is 0 Å². The van der Waals surface area contributed by atoms with Crippen LogP contribution in [-0.4, -0.2) is 37.6 Å². The molecule has 0 N–H and O–H groups in total. The predicted molar refractivity (Wildman–Crippen MR) is 76.3 cm³/mol. The number of hydrogen-bond acceptors (Lipinski definition) is 3. The van der Waals surface area contributed by atoms with Gasteiger partial charge in [0.25, 0.3) is 0 Å². The van der Waals surface area contributed by atoms with Gasteiger partial charge in [-0.3, -0.25) is 4.79 Å². The Kier molecular flexibility index (Phi) is 3.55. The summed E-state index contributed by atoms with van der Waals surface area (Å²) in [6.45, 7) is 0.924. The second kappa shape index (κ2) is 5.35. The number of carbonyl (C=O) groups is 1. The molecule has 1 amide bonds. The highest BCUT2D eigenvalue weighted by atomic mass is 16.5. The van der Waals surface area contributed by atoms with Crippen molar-refractivity contribution in [1.29, 1.82) is 0 Å². The van der Waals surface area contributed by atoms with E-state index in [9.17, 15) is 4.79 Å². The van der Waals surface area contributed by atoms with E-state index >= 15 is 0 Å². The van der Waals surface area contributed by atoms with Crippen LogP contribution in [0.15, 0.2) is 18.2 Å². The topological polar surface area (TPSA) is 38.8 Å². The van der Waals surface area contributed by atoms with Crippen LogP contribution >= 0.6 is 0 Å². The van der Waals surface area contributed by atoms with E-state index in [-0.39, 0.29) is 0 Å². The van der Waals surface area contributed by atoms with Gasteiger partial charge < -0.3 is 14.4 Å². The van der Waals surface area contributed by atoms with Crippen molar-refractivity contribution in [3.63, 3.8) is 0 Å². The minimum absolute atomic E-state index is 0.294. The lowest BCUT2D eigenvalue weighted by molar-refractivity contribution is -0.129. The van der Waals surface area contributed by atoms with Crippen molar-refractivity contribution in [2.75, 3.05) is 20.8 Å². The van der Waals surface area contributed by atoms with Crippen molar-refractivity contribution < 1.29 is 14.3 Å². The van der Waals surface area contributed by atoms with E-state index in [0.717, 1.165) is 30.9 Å². The third-order valence-electron chi connectivity index (χ3n) is 4.56. The average molecular weight is 275 g/mol. The van der Waals surface area contributed by atoms with Gasteiger partial charge in [-0.25, -0.2) is 0 Å². The number of rotatable bonds is 3. The summed E-state index contributed by atoms with van der Waals surface area (Å²) in [5, 5.41) is 0. The largest absolute Gasteiger partial charge is 0.493 e. The predicted octanol–water partition coefficient (Wildman–Crippen LogP) is 2.57. The number of amides is 1. The molecule has 2 aliphatic heterocycles. The van der Waals surface area contributed by atoms with Gasteiger partial charge in [-0.05, 0) is 37.0 Å². The zero-order valence-electron chi connectivity index (χ0n) is 12.1. The first-order chi connectivity index (χ1) is 9.74. The summed E-state index contributed by atoms with van der Waals surface area (Å²) in [7, 11) is 3.29. The average Bonchev–Trinajstić information content (AvgIpc) is 2.84. The van der Waals surface area contributed by atoms with Crippen molar-refractivity contribution in [1.82, 2.24) is 4.90 Å². The van der Waals surface area contributed by atoms with Crippen LogP contribution in [0.5, 0.6) is 11.5 Å². The van der Waals surface area contributed by atoms with Crippen molar-refractivity contribution in [3.05, 3.63) is 23.8 Å². The first-order valence-corrected chi connectivity index (χ1v) is 7.26. The monoisotopic (exact) mass is 275 g/mol. The smallest absolute Gasteiger partial charge is 0.223 e. The van der Waals surface area contributed by atoms with Crippen LogP contribution in [0.1, 0.15) is 37.2 Å². The number of ether oxygens (including phenoxy) is 2. The molecule has 4 heteroatoms. The molecule has 2 fully saturated rings. The number of piperidine rings is 1. The van der Waals surface area contributed by atoms with Gasteiger partial charge in [-0.2, -0.15) is 0 Å². The van der Waals surface area contributed by atoms with E-state index in [2.05, 4.69) is 11.0 Å². The fraction of sp³-hybridized carbons (Fsp3) is 0.562. The molecule has 0 spiro atoms. The molecule has 2 atom stereocenters. The Morgan fingerprint density at radius 1 is 1.15 bits per heavy atom. The molecule has 2 saturated heterocycles. The van der Waals surface area contributed by atoms with Crippen LogP contribution in [0, 0.1) is 0 Å². The molecule has 20 heavy (non-hydrogen) atoms. The van der Waals surface area contributed by atoms with Crippen molar-refractivity contribution >= 4 is 5.91 Å². The zero-order chi connectivity index (χ0) is 14.1. The summed E-state index contributed by atoms with van der Waals surface area (Å²) in [4.78, 5) is 14.2. The quantitative estimate of drug-likeness (QED) is 0.851. The highest BCUT2D eigenvalue weighted by Crippen LogP contribution is 2.41. The minimum atomic E-state index is 0.294. The molecule has 1 aromatic carbocycles. The molecular formula is C16H21NO3. The van der Waals surface area contributed by atoms with Gasteiger partial charge in [-0.1, -0.05) is 6.07 Å². The van der Waals surface area contributed by atoms with Crippen LogP contribution in [0.3, 0.4) is 0 Å². The normalized spacial score (nSPS) is 25.5. The summed E-state index contributed by atoms with van der Waals surface area (Å²) in [5.74, 6) is 2.07. The van der Waals surface area contributed by atoms with Crippen molar-refractivity contribution in [3.8, 4) is 11.5 Å². The highest BCUT2D eigenvalue weighted by molar-refractivity contribution is 5.80. The molecule has 0 aliphatic carbocycles. The fourth-order valence-electron chi connectivity index (χ4n) is 3.55. The number of carbonyl (C=O) groups excluding carboxylic acids is 1. The van der Waals surface area contributed by atoms with Gasteiger partial charge >= 0.3 is 0 Å². The lowest BCUT2D eigenvalue weighted by Crippen LogP contribution is -2.38. The third-order valence-corrected chi connectivity index (χ3v) is 4.56. The van der Waals surface area contributed by atoms with Crippen LogP contribution in [0.4, 0.5) is 0 Å². The molecular weight excluding hydrogens is 254 g/mol. The molecule has 4 nitrogen and oxygen atoms in total. The Balaban J connectivity index is 1.90. The number of benzene rings is 1. The van der Waals surface area contributed by atoms with Gasteiger partial charge in [0.2, 0.25) is 5.91 Å². The molecule has 0 radical (unpaired) electrons. The number of hydrogen-bond donors (Lipinski definition) is 0. The second-order valence-electron chi connectivity index (χ2n) is 5.58. The molecule has 0 aromatic heterocycles. The maximum atomic E-state index is 12.1. The molecule has 3 rings (SSSR count). The number of methoxy groups -OCH3 is 2. The standard InChI is InChI=1S/C16H21NO3/c1-19-14-7-6-11(9-15(14)20-2)12-10-16(18)17-8-4-3-5-13(12)17/h6-7,9,12-13H,3-5,8,10H2,1-2H3/t12-,13-/m0/s1. The Labute approximate surface area is 119 Å². The molecule has 2 heterocycles. The Morgan fingerprint density at radius 2 is 1.95 bits per heavy atom. The number of nitrogens with zero attached hydrogens (tertiary/aromatic N) is 1. The summed E-state index contributed by atoms with van der Waals surface area (Å²) < 4.78 is 10.7. The maximum Gasteiger partial charge on any atom is 0.223 e. The lowest BCUT2D eigenvalue weighted by atomic mass is 9.87. The fourth-order valence-corrected chi connectivity index (χ4v) is 3.55. The molecule has 0 saturated carbocycles. The van der Waals surface area contributed by atoms with Gasteiger partial charge in [0, 0.05) is 24.9 Å². The molecule has 0 bridgehead atoms. The van der Waals surface area contributed by atoms with Crippen LogP contribution in [-0.2, 0) is 4.79 Å². The second-order valence-corrected chi connectivity index (χ2v) is 5.58. The summed E-state index contributed by atoms with van der Waals surface area (Å²) >= 11 is 0. The highest BCUT2D eigenvalue weighted by Gasteiger charge is 2.41. The number of fused-ring (bicyclic) bond motifs is 1. The van der Waals surface area contributed by atoms with E-state index < -0.39 is 0 Å². The summed E-state index contributed by atoms with van der Waals surface area (Å²) in [6, 6.07) is 6.39. The van der Waals surface area contributed by atoms with Crippen LogP contribution in [0.2, 0.25) is 0 Å². The van der Waals surface area contributed by atoms with Crippen molar-refractivity contribution in [2.45, 2.75) is 37.6 Å². The van der Waals surface area contributed by atoms with E-state index in [1.165, 1.54) is 12.0 Å². The Hall–Kier alpha value is -1.71. The van der Waals surface area contributed by atoms with Crippen LogP contribution in [0.25, 0.3) is 0 Å². The SMILES string of the molecule is COc1ccc([C@@H]2CC(=O)N3CCCC[C@@H]23)cc1OC. The van der Waals surface area contributed by atoms with Gasteiger partial charge in [0.15, 0.2) is 11.5 Å². The third kappa shape index (κ3) is 2.13. The van der Waals surface area contributed by atoms with E-state index in [0.29, 0.717) is 24.3 Å².